The van der Waals surface area contributed by atoms with Gasteiger partial charge >= 0.3 is 0 Å². The van der Waals surface area contributed by atoms with E-state index in [-0.39, 0.29) is 16.7 Å². The molecule has 1 unspecified atom stereocenters. The lowest BCUT2D eigenvalue weighted by atomic mass is 10.2. The Kier molecular flexibility index (Phi) is 6.53. The first kappa shape index (κ1) is 20.2. The summed E-state index contributed by atoms with van der Waals surface area (Å²) >= 11 is 13.1. The summed E-state index contributed by atoms with van der Waals surface area (Å²) in [4.78, 5) is 17.0. The molecule has 1 N–H and O–H groups in total. The molecule has 0 bridgehead atoms. The van der Waals surface area contributed by atoms with Gasteiger partial charge in [-0.2, -0.15) is 0 Å². The van der Waals surface area contributed by atoms with E-state index in [0.717, 1.165) is 0 Å². The molecule has 1 amide bonds. The molecule has 0 fully saturated rings. The molecule has 3 rings (SSSR count). The van der Waals surface area contributed by atoms with Crippen molar-refractivity contribution in [2.45, 2.75) is 13.0 Å². The highest BCUT2D eigenvalue weighted by Crippen LogP contribution is 2.26. The lowest BCUT2D eigenvalue weighted by molar-refractivity contribution is 0.0948. The second-order valence-corrected chi connectivity index (χ2v) is 7.48. The van der Waals surface area contributed by atoms with Crippen molar-refractivity contribution in [2.24, 2.45) is 0 Å². The minimum Gasteiger partial charge on any atom is -0.431 e. The molecule has 1 heterocycles. The quantitative estimate of drug-likeness (QED) is 0.547. The SMILES string of the molecule is CC(C#Cc1cnc(Oc2cccc(F)c2)s1)NC(=O)c1ccc(Cl)cc1Cl. The number of nitrogens with one attached hydrogen (secondary N) is 1. The summed E-state index contributed by atoms with van der Waals surface area (Å²) in [5, 5.41) is 3.82. The van der Waals surface area contributed by atoms with Gasteiger partial charge in [0.2, 0.25) is 0 Å². The van der Waals surface area contributed by atoms with Crippen molar-refractivity contribution in [3.63, 3.8) is 0 Å². The Hall–Kier alpha value is -2.59. The average Bonchev–Trinajstić information content (AvgIpc) is 3.07. The third kappa shape index (κ3) is 5.46. The zero-order valence-corrected chi connectivity index (χ0v) is 16.8. The molecule has 0 aliphatic rings. The number of nitrogens with zero attached hydrogens (tertiary/aromatic N) is 1. The fraction of sp³-hybridized carbons (Fsp3) is 0.100. The molecule has 0 spiro atoms. The zero-order chi connectivity index (χ0) is 20.1. The number of amides is 1. The third-order valence-corrected chi connectivity index (χ3v) is 4.76. The first-order valence-corrected chi connectivity index (χ1v) is 9.64. The maximum absolute atomic E-state index is 13.2. The van der Waals surface area contributed by atoms with E-state index in [1.54, 1.807) is 37.4 Å². The summed E-state index contributed by atoms with van der Waals surface area (Å²) in [5.74, 6) is 5.47. The van der Waals surface area contributed by atoms with Gasteiger partial charge in [-0.3, -0.25) is 4.79 Å². The Morgan fingerprint density at radius 2 is 2.11 bits per heavy atom. The number of rotatable bonds is 4. The van der Waals surface area contributed by atoms with E-state index in [9.17, 15) is 9.18 Å². The van der Waals surface area contributed by atoms with Crippen molar-refractivity contribution < 1.29 is 13.9 Å². The van der Waals surface area contributed by atoms with Crippen LogP contribution in [0.25, 0.3) is 0 Å². The molecule has 0 saturated carbocycles. The maximum Gasteiger partial charge on any atom is 0.279 e. The van der Waals surface area contributed by atoms with E-state index in [1.807, 2.05) is 0 Å². The summed E-state index contributed by atoms with van der Waals surface area (Å²) in [6.07, 6.45) is 1.55. The Bertz CT molecular complexity index is 1080. The minimum atomic E-state index is -0.422. The number of ether oxygens (including phenoxy) is 1. The topological polar surface area (TPSA) is 51.2 Å². The predicted molar refractivity (Wildman–Crippen MR) is 109 cm³/mol. The highest BCUT2D eigenvalue weighted by molar-refractivity contribution is 7.13. The lowest BCUT2D eigenvalue weighted by Gasteiger charge is -2.09. The van der Waals surface area contributed by atoms with Crippen LogP contribution in [-0.4, -0.2) is 16.9 Å². The summed E-state index contributed by atoms with van der Waals surface area (Å²) in [6.45, 7) is 1.75. The fourth-order valence-electron chi connectivity index (χ4n) is 2.16. The molecule has 0 aliphatic heterocycles. The van der Waals surface area contributed by atoms with E-state index in [0.29, 0.717) is 26.4 Å². The molecule has 0 radical (unpaired) electrons. The van der Waals surface area contributed by atoms with Crippen molar-refractivity contribution in [1.82, 2.24) is 10.3 Å². The Balaban J connectivity index is 1.61. The van der Waals surface area contributed by atoms with E-state index in [2.05, 4.69) is 22.1 Å². The second-order valence-electron chi connectivity index (χ2n) is 5.64. The monoisotopic (exact) mass is 434 g/mol. The van der Waals surface area contributed by atoms with Crippen LogP contribution in [0.2, 0.25) is 10.0 Å². The number of halogens is 3. The average molecular weight is 435 g/mol. The van der Waals surface area contributed by atoms with Crippen molar-refractivity contribution in [3.8, 4) is 22.8 Å². The standard InChI is InChI=1S/C20H13Cl2FN2O2S/c1-12(25-19(26)17-8-6-13(21)9-18(17)22)5-7-16-11-24-20(28-16)27-15-4-2-3-14(23)10-15/h2-4,6,8-12H,1H3,(H,25,26). The number of hydrogen-bond donors (Lipinski definition) is 1. The van der Waals surface area contributed by atoms with Gasteiger partial charge in [0, 0.05) is 11.1 Å². The number of thiazole rings is 1. The van der Waals surface area contributed by atoms with Gasteiger partial charge in [0.1, 0.15) is 16.4 Å². The number of carbonyl (C=O) groups excluding carboxylic acids is 1. The van der Waals surface area contributed by atoms with Crippen LogP contribution in [-0.2, 0) is 0 Å². The minimum absolute atomic E-state index is 0.270. The van der Waals surface area contributed by atoms with Crippen LogP contribution < -0.4 is 10.1 Å². The molecule has 3 aromatic rings. The predicted octanol–water partition coefficient (Wildman–Crippen LogP) is 5.55. The Morgan fingerprint density at radius 3 is 2.86 bits per heavy atom. The third-order valence-electron chi connectivity index (χ3n) is 3.42. The van der Waals surface area contributed by atoms with Gasteiger partial charge in [-0.05, 0) is 37.3 Å². The van der Waals surface area contributed by atoms with Crippen LogP contribution >= 0.6 is 34.5 Å². The highest BCUT2D eigenvalue weighted by Gasteiger charge is 2.12. The van der Waals surface area contributed by atoms with Crippen molar-refractivity contribution in [3.05, 3.63) is 75.0 Å². The first-order chi connectivity index (χ1) is 13.4. The number of hydrogen-bond acceptors (Lipinski definition) is 4. The van der Waals surface area contributed by atoms with Crippen LogP contribution in [0.15, 0.2) is 48.7 Å². The summed E-state index contributed by atoms with van der Waals surface area (Å²) in [5.41, 5.74) is 0.322. The van der Waals surface area contributed by atoms with Gasteiger partial charge in [0.25, 0.3) is 11.1 Å². The molecule has 8 heteroatoms. The Morgan fingerprint density at radius 1 is 1.29 bits per heavy atom. The van der Waals surface area contributed by atoms with Gasteiger partial charge in [0.15, 0.2) is 0 Å². The number of carbonyl (C=O) groups is 1. The second kappa shape index (κ2) is 9.07. The van der Waals surface area contributed by atoms with E-state index in [1.165, 1.54) is 29.5 Å². The van der Waals surface area contributed by atoms with Crippen molar-refractivity contribution >= 4 is 40.4 Å². The van der Waals surface area contributed by atoms with Crippen molar-refractivity contribution in [1.29, 1.82) is 0 Å². The summed E-state index contributed by atoms with van der Waals surface area (Å²) in [7, 11) is 0. The molecule has 142 valence electrons. The first-order valence-electron chi connectivity index (χ1n) is 8.07. The van der Waals surface area contributed by atoms with Crippen LogP contribution in [0, 0.1) is 17.7 Å². The lowest BCUT2D eigenvalue weighted by Crippen LogP contribution is -2.31. The molecule has 28 heavy (non-hydrogen) atoms. The van der Waals surface area contributed by atoms with Crippen LogP contribution in [0.1, 0.15) is 22.2 Å². The normalized spacial score (nSPS) is 11.3. The van der Waals surface area contributed by atoms with Crippen molar-refractivity contribution in [2.75, 3.05) is 0 Å². The summed E-state index contributed by atoms with van der Waals surface area (Å²) in [6, 6.07) is 10.0. The van der Waals surface area contributed by atoms with Gasteiger partial charge in [0.05, 0.1) is 22.8 Å². The van der Waals surface area contributed by atoms with Crippen LogP contribution in [0.3, 0.4) is 0 Å². The molecular formula is C20H13Cl2FN2O2S. The maximum atomic E-state index is 13.2. The van der Waals surface area contributed by atoms with E-state index < -0.39 is 6.04 Å². The van der Waals surface area contributed by atoms with Crippen LogP contribution in [0.4, 0.5) is 4.39 Å². The largest absolute Gasteiger partial charge is 0.431 e. The summed E-state index contributed by atoms with van der Waals surface area (Å²) < 4.78 is 18.7. The van der Waals surface area contributed by atoms with Crippen LogP contribution in [0.5, 0.6) is 10.9 Å². The van der Waals surface area contributed by atoms with Gasteiger partial charge in [-0.15, -0.1) is 0 Å². The van der Waals surface area contributed by atoms with E-state index >= 15 is 0 Å². The molecule has 4 nitrogen and oxygen atoms in total. The number of benzene rings is 2. The molecule has 0 saturated heterocycles. The fourth-order valence-corrected chi connectivity index (χ4v) is 3.30. The molecule has 0 aliphatic carbocycles. The molecular weight excluding hydrogens is 422 g/mol. The van der Waals surface area contributed by atoms with Gasteiger partial charge in [-0.1, -0.05) is 52.4 Å². The van der Waals surface area contributed by atoms with E-state index in [4.69, 9.17) is 27.9 Å². The zero-order valence-electron chi connectivity index (χ0n) is 14.5. The van der Waals surface area contributed by atoms with Gasteiger partial charge in [-0.25, -0.2) is 9.37 Å². The highest BCUT2D eigenvalue weighted by atomic mass is 35.5. The van der Waals surface area contributed by atoms with Gasteiger partial charge < -0.3 is 10.1 Å². The number of aromatic nitrogens is 1. The molecule has 1 atom stereocenters. The molecule has 1 aromatic heterocycles. The Labute approximate surface area is 175 Å². The molecule has 2 aromatic carbocycles. The smallest absolute Gasteiger partial charge is 0.279 e.